The molecule has 2 nitrogen and oxygen atoms in total. The number of aliphatic imine (C=N–C) groups is 2. The molecule has 0 unspecified atom stereocenters. The second kappa shape index (κ2) is 18.7. The third-order valence-corrected chi connectivity index (χ3v) is 14.3. The van der Waals surface area contributed by atoms with E-state index < -0.39 is 0 Å². The van der Waals surface area contributed by atoms with Crippen LogP contribution in [-0.2, 0) is 11.3 Å². The Hall–Kier alpha value is -0.741. The average molecular weight is 861 g/mol. The fraction of sp³-hybridized carbons (Fsp3) is 0.696. The van der Waals surface area contributed by atoms with E-state index in [1.165, 1.54) is 165 Å². The van der Waals surface area contributed by atoms with E-state index in [2.05, 4.69) is 66.3 Å². The summed E-state index contributed by atoms with van der Waals surface area (Å²) in [5.74, 6) is 4.26. The van der Waals surface area contributed by atoms with Gasteiger partial charge in [0.2, 0.25) is 0 Å². The Kier molecular flexibility index (Phi) is 14.2. The third kappa shape index (κ3) is 9.22. The molecule has 2 aromatic carbocycles. The standard InChI is InChI=1S/C46H64N2.2BrH.Fe/c1-31(47-45-41(35-19-7-8-20-35)27-39(33-15-3-4-16-33)28-42(45)36-21-9-10-22-36)32(2)48-46-43(37-23-11-12-24-37)29-40(34-17-5-6-18-34)30-44(46)38-25-13-14-26-38;;;/h27-30,33-38H,3-26H2,1-2H3;2*1H;/q;;;+2/p-2. The van der Waals surface area contributed by atoms with Gasteiger partial charge in [-0.05, 0) is 160 Å². The van der Waals surface area contributed by atoms with E-state index >= 15 is 0 Å². The SMILES string of the molecule is CC(=Nc1c(C2CCCC2)cc(C2CCCC2)cc1C1CCCC1)C(C)=Nc1c(C2CCCC2)cc(C2CCCC2)cc1C1CCCC1.[Br][Fe][Br]. The van der Waals surface area contributed by atoms with Gasteiger partial charge in [0, 0.05) is 0 Å². The van der Waals surface area contributed by atoms with Gasteiger partial charge in [-0.15, -0.1) is 0 Å². The summed E-state index contributed by atoms with van der Waals surface area (Å²) in [6, 6.07) is 10.7. The molecule has 2 aromatic rings. The minimum atomic E-state index is 0.682. The number of rotatable bonds is 9. The molecule has 0 aliphatic heterocycles. The zero-order valence-electron chi connectivity index (χ0n) is 31.7. The predicted molar refractivity (Wildman–Crippen MR) is 224 cm³/mol. The first-order valence-corrected chi connectivity index (χ1v) is 26.8. The minimum absolute atomic E-state index is 0.682. The van der Waals surface area contributed by atoms with Gasteiger partial charge in [-0.25, -0.2) is 0 Å². The fourth-order valence-corrected chi connectivity index (χ4v) is 11.3. The van der Waals surface area contributed by atoms with Gasteiger partial charge >= 0.3 is 39.6 Å². The van der Waals surface area contributed by atoms with Crippen LogP contribution in [0.25, 0.3) is 0 Å². The van der Waals surface area contributed by atoms with Gasteiger partial charge in [0.15, 0.2) is 0 Å². The normalized spacial score (nSPS) is 23.7. The summed E-state index contributed by atoms with van der Waals surface area (Å²) in [6.07, 6.45) is 32.9. The second-order valence-corrected chi connectivity index (χ2v) is 23.0. The number of nitrogens with zero attached hydrogens (tertiary/aromatic N) is 2. The molecule has 6 fully saturated rings. The van der Waals surface area contributed by atoms with E-state index in [1.54, 1.807) is 33.4 Å². The summed E-state index contributed by atoms with van der Waals surface area (Å²) >= 11 is 7.00. The topological polar surface area (TPSA) is 24.7 Å². The third-order valence-electron chi connectivity index (χ3n) is 14.3. The Morgan fingerprint density at radius 2 is 0.608 bits per heavy atom. The van der Waals surface area contributed by atoms with Crippen LogP contribution in [0.15, 0.2) is 34.3 Å². The van der Waals surface area contributed by atoms with Gasteiger partial charge in [-0.1, -0.05) is 101 Å². The van der Waals surface area contributed by atoms with Crippen molar-refractivity contribution in [3.05, 3.63) is 57.6 Å². The van der Waals surface area contributed by atoms with Crippen LogP contribution < -0.4 is 0 Å². The molecule has 6 aliphatic carbocycles. The van der Waals surface area contributed by atoms with E-state index in [1.807, 2.05) is 0 Å². The van der Waals surface area contributed by atoms with Crippen molar-refractivity contribution < 1.29 is 11.3 Å². The Morgan fingerprint density at radius 1 is 0.412 bits per heavy atom. The molecule has 5 heteroatoms. The summed E-state index contributed by atoms with van der Waals surface area (Å²) in [6.45, 7) is 4.58. The summed E-state index contributed by atoms with van der Waals surface area (Å²) in [4.78, 5) is 11.5. The molecule has 0 radical (unpaired) electrons. The number of halogens is 2. The van der Waals surface area contributed by atoms with Crippen LogP contribution in [0.3, 0.4) is 0 Å². The molecule has 0 atom stereocenters. The molecule has 8 rings (SSSR count). The van der Waals surface area contributed by atoms with Crippen molar-refractivity contribution in [2.24, 2.45) is 9.98 Å². The summed E-state index contributed by atoms with van der Waals surface area (Å²) < 4.78 is 0. The van der Waals surface area contributed by atoms with Crippen molar-refractivity contribution in [1.82, 2.24) is 0 Å². The maximum absolute atomic E-state index is 5.73. The van der Waals surface area contributed by atoms with Crippen LogP contribution in [0.1, 0.15) is 237 Å². The van der Waals surface area contributed by atoms with Crippen LogP contribution in [0.2, 0.25) is 0 Å². The molecule has 0 bridgehead atoms. The molecular weight excluding hydrogens is 796 g/mol. The first-order chi connectivity index (χ1) is 25.0. The molecule has 0 saturated heterocycles. The van der Waals surface area contributed by atoms with Crippen molar-refractivity contribution in [2.75, 3.05) is 0 Å². The Labute approximate surface area is 331 Å². The number of hydrogen-bond donors (Lipinski definition) is 0. The first-order valence-electron chi connectivity index (χ1n) is 21.4. The van der Waals surface area contributed by atoms with Crippen LogP contribution in [-0.4, -0.2) is 11.4 Å². The van der Waals surface area contributed by atoms with Crippen molar-refractivity contribution in [3.8, 4) is 0 Å². The fourth-order valence-electron chi connectivity index (χ4n) is 11.3. The maximum atomic E-state index is 5.73. The quantitative estimate of drug-likeness (QED) is 0.177. The Balaban J connectivity index is 0.00000131. The number of hydrogen-bond acceptors (Lipinski definition) is 2. The monoisotopic (exact) mass is 858 g/mol. The summed E-state index contributed by atoms with van der Waals surface area (Å²) in [7, 11) is 0. The van der Waals surface area contributed by atoms with Crippen LogP contribution in [0.4, 0.5) is 11.4 Å². The molecule has 0 spiro atoms. The Morgan fingerprint density at radius 3 is 0.824 bits per heavy atom. The van der Waals surface area contributed by atoms with Gasteiger partial charge in [0.05, 0.1) is 22.8 Å². The van der Waals surface area contributed by atoms with Crippen molar-refractivity contribution in [3.63, 3.8) is 0 Å². The molecule has 280 valence electrons. The van der Waals surface area contributed by atoms with Crippen LogP contribution in [0.5, 0.6) is 0 Å². The molecule has 0 amide bonds. The molecule has 0 N–H and O–H groups in total. The van der Waals surface area contributed by atoms with Gasteiger partial charge in [0.1, 0.15) is 0 Å². The van der Waals surface area contributed by atoms with Gasteiger partial charge in [0.25, 0.3) is 0 Å². The van der Waals surface area contributed by atoms with E-state index in [0.717, 1.165) is 34.6 Å². The number of benzene rings is 2. The van der Waals surface area contributed by atoms with Gasteiger partial charge < -0.3 is 0 Å². The molecule has 51 heavy (non-hydrogen) atoms. The zero-order valence-corrected chi connectivity index (χ0v) is 36.0. The van der Waals surface area contributed by atoms with E-state index in [9.17, 15) is 0 Å². The first kappa shape index (κ1) is 38.5. The van der Waals surface area contributed by atoms with E-state index in [-0.39, 0.29) is 0 Å². The average Bonchev–Trinajstić information content (AvgIpc) is 3.99. The van der Waals surface area contributed by atoms with Crippen molar-refractivity contribution >= 4 is 51.0 Å². The molecule has 6 aliphatic rings. The Bertz CT molecular complexity index is 1320. The summed E-state index contributed by atoms with van der Waals surface area (Å²) in [5.41, 5.74) is 14.8. The van der Waals surface area contributed by atoms with Crippen molar-refractivity contribution in [1.29, 1.82) is 0 Å². The van der Waals surface area contributed by atoms with E-state index in [0.29, 0.717) is 23.7 Å². The van der Waals surface area contributed by atoms with Gasteiger partial charge in [-0.2, -0.15) is 0 Å². The van der Waals surface area contributed by atoms with Crippen LogP contribution >= 0.6 is 28.2 Å². The summed E-state index contributed by atoms with van der Waals surface area (Å²) in [5, 5.41) is 0. The van der Waals surface area contributed by atoms with Crippen LogP contribution in [0, 0.1) is 0 Å². The molecule has 0 heterocycles. The predicted octanol–water partition coefficient (Wildman–Crippen LogP) is 16.2. The zero-order chi connectivity index (χ0) is 35.2. The van der Waals surface area contributed by atoms with Crippen molar-refractivity contribution in [2.45, 2.75) is 203 Å². The second-order valence-electron chi connectivity index (χ2n) is 17.4. The van der Waals surface area contributed by atoms with Gasteiger partial charge in [-0.3, -0.25) is 9.98 Å². The molecule has 0 aromatic heterocycles. The molecule has 6 saturated carbocycles. The molecular formula is C46H64Br2FeN2. The van der Waals surface area contributed by atoms with E-state index in [4.69, 9.17) is 9.98 Å².